The van der Waals surface area contributed by atoms with Crippen LogP contribution in [0, 0.1) is 5.92 Å². The first kappa shape index (κ1) is 14.9. The molecule has 1 aliphatic rings. The summed E-state index contributed by atoms with van der Waals surface area (Å²) in [6.45, 7) is 2.24. The average Bonchev–Trinajstić information content (AvgIpc) is 3.01. The molecule has 1 aromatic rings. The van der Waals surface area contributed by atoms with Crippen molar-refractivity contribution in [3.63, 3.8) is 0 Å². The number of hydrogen-bond donors (Lipinski definition) is 1. The smallest absolute Gasteiger partial charge is 0.326 e. The van der Waals surface area contributed by atoms with Crippen molar-refractivity contribution in [2.45, 2.75) is 42.4 Å². The molecule has 5 heteroatoms. The molecule has 2 rings (SSSR count). The number of thiophene rings is 1. The van der Waals surface area contributed by atoms with Crippen LogP contribution in [-0.4, -0.2) is 23.9 Å². The molecule has 0 saturated heterocycles. The molecule has 0 amide bonds. The van der Waals surface area contributed by atoms with Gasteiger partial charge in [-0.1, -0.05) is 12.5 Å². The molecule has 0 radical (unpaired) electrons. The van der Waals surface area contributed by atoms with Gasteiger partial charge in [-0.3, -0.25) is 4.79 Å². The normalized spacial score (nSPS) is 26.5. The van der Waals surface area contributed by atoms with Crippen LogP contribution in [0.3, 0.4) is 0 Å². The molecule has 0 bridgehead atoms. The van der Waals surface area contributed by atoms with Gasteiger partial charge in [0.15, 0.2) is 0 Å². The molecule has 1 aliphatic carbocycles. The molecule has 2 atom stereocenters. The van der Waals surface area contributed by atoms with Gasteiger partial charge >= 0.3 is 5.97 Å². The van der Waals surface area contributed by atoms with Crippen LogP contribution in [0.4, 0.5) is 0 Å². The van der Waals surface area contributed by atoms with Gasteiger partial charge < -0.3 is 10.5 Å². The lowest BCUT2D eigenvalue weighted by molar-refractivity contribution is -0.151. The van der Waals surface area contributed by atoms with Gasteiger partial charge in [-0.05, 0) is 49.3 Å². The summed E-state index contributed by atoms with van der Waals surface area (Å²) in [7, 11) is 0. The zero-order valence-electron chi connectivity index (χ0n) is 11.3. The van der Waals surface area contributed by atoms with E-state index >= 15 is 0 Å². The van der Waals surface area contributed by atoms with E-state index in [-0.39, 0.29) is 11.9 Å². The van der Waals surface area contributed by atoms with Crippen LogP contribution in [0.1, 0.15) is 32.6 Å². The van der Waals surface area contributed by atoms with Crippen molar-refractivity contribution >= 4 is 29.1 Å². The zero-order valence-corrected chi connectivity index (χ0v) is 12.9. The van der Waals surface area contributed by atoms with Crippen LogP contribution in [0.15, 0.2) is 21.7 Å². The summed E-state index contributed by atoms with van der Waals surface area (Å²) in [5.74, 6) is 1.07. The third-order valence-corrected chi connectivity index (χ3v) is 5.90. The molecule has 1 aromatic heterocycles. The molecule has 0 spiro atoms. The van der Waals surface area contributed by atoms with E-state index in [0.717, 1.165) is 31.4 Å². The van der Waals surface area contributed by atoms with Gasteiger partial charge in [0.25, 0.3) is 0 Å². The lowest BCUT2D eigenvalue weighted by Crippen LogP contribution is -2.52. The Morgan fingerprint density at radius 1 is 1.68 bits per heavy atom. The van der Waals surface area contributed by atoms with E-state index in [9.17, 15) is 4.79 Å². The van der Waals surface area contributed by atoms with Crippen LogP contribution in [-0.2, 0) is 9.53 Å². The van der Waals surface area contributed by atoms with Crippen LogP contribution in [0.2, 0.25) is 0 Å². The number of thioether (sulfide) groups is 1. The second-order valence-corrected chi connectivity index (χ2v) is 7.26. The summed E-state index contributed by atoms with van der Waals surface area (Å²) < 4.78 is 6.47. The van der Waals surface area contributed by atoms with Gasteiger partial charge in [-0.25, -0.2) is 0 Å². The lowest BCUT2D eigenvalue weighted by atomic mass is 9.86. The van der Waals surface area contributed by atoms with Gasteiger partial charge in [0.05, 0.1) is 10.8 Å². The van der Waals surface area contributed by atoms with Crippen molar-refractivity contribution in [2.24, 2.45) is 11.7 Å². The highest BCUT2D eigenvalue weighted by Crippen LogP contribution is 2.38. The minimum atomic E-state index is -0.744. The summed E-state index contributed by atoms with van der Waals surface area (Å²) >= 11 is 3.61. The number of esters is 1. The molecular weight excluding hydrogens is 278 g/mol. The molecular formula is C14H21NO2S2. The third-order valence-electron chi connectivity index (χ3n) is 3.73. The molecule has 106 valence electrons. The number of ether oxygens (including phenoxy) is 1. The topological polar surface area (TPSA) is 52.3 Å². The maximum atomic E-state index is 12.0. The Labute approximate surface area is 122 Å². The highest BCUT2D eigenvalue weighted by atomic mass is 32.2. The first-order chi connectivity index (χ1) is 9.16. The Morgan fingerprint density at radius 2 is 2.53 bits per heavy atom. The number of nitrogens with two attached hydrogens (primary N) is 1. The van der Waals surface area contributed by atoms with E-state index in [1.165, 1.54) is 4.21 Å². The number of rotatable bonds is 6. The molecule has 1 saturated carbocycles. The number of carbonyl (C=O) groups is 1. The quantitative estimate of drug-likeness (QED) is 0.647. The van der Waals surface area contributed by atoms with Crippen molar-refractivity contribution in [3.05, 3.63) is 17.5 Å². The van der Waals surface area contributed by atoms with Crippen LogP contribution >= 0.6 is 23.1 Å². The van der Waals surface area contributed by atoms with Crippen molar-refractivity contribution in [3.8, 4) is 0 Å². The van der Waals surface area contributed by atoms with E-state index in [0.29, 0.717) is 6.61 Å². The maximum absolute atomic E-state index is 12.0. The largest absolute Gasteiger partial charge is 0.465 e. The molecule has 0 aliphatic heterocycles. The summed E-state index contributed by atoms with van der Waals surface area (Å²) in [4.78, 5) is 12.0. The van der Waals surface area contributed by atoms with Gasteiger partial charge in [-0.2, -0.15) is 0 Å². The third kappa shape index (κ3) is 3.52. The highest BCUT2D eigenvalue weighted by Gasteiger charge is 2.46. The molecule has 1 fully saturated rings. The lowest BCUT2D eigenvalue weighted by Gasteiger charge is -2.28. The van der Waals surface area contributed by atoms with Crippen LogP contribution in [0.5, 0.6) is 0 Å². The average molecular weight is 299 g/mol. The first-order valence-electron chi connectivity index (χ1n) is 6.79. The fourth-order valence-corrected chi connectivity index (χ4v) is 4.60. The molecule has 2 N–H and O–H groups in total. The molecule has 1 heterocycles. The zero-order chi connectivity index (χ0) is 13.7. The Kier molecular flexibility index (Phi) is 5.30. The van der Waals surface area contributed by atoms with Crippen LogP contribution in [0.25, 0.3) is 0 Å². The molecule has 0 aromatic carbocycles. The van der Waals surface area contributed by atoms with Crippen molar-refractivity contribution in [2.75, 3.05) is 12.4 Å². The Balaban J connectivity index is 1.86. The van der Waals surface area contributed by atoms with E-state index in [1.807, 2.05) is 18.7 Å². The fourth-order valence-electron chi connectivity index (χ4n) is 2.69. The van der Waals surface area contributed by atoms with Crippen molar-refractivity contribution in [1.29, 1.82) is 0 Å². The summed E-state index contributed by atoms with van der Waals surface area (Å²) in [5, 5.41) is 2.09. The highest BCUT2D eigenvalue weighted by molar-refractivity contribution is 8.01. The summed E-state index contributed by atoms with van der Waals surface area (Å²) in [6, 6.07) is 4.19. The minimum Gasteiger partial charge on any atom is -0.465 e. The maximum Gasteiger partial charge on any atom is 0.326 e. The van der Waals surface area contributed by atoms with Gasteiger partial charge in [0.2, 0.25) is 0 Å². The van der Waals surface area contributed by atoms with E-state index in [4.69, 9.17) is 10.5 Å². The Bertz CT molecular complexity index is 408. The summed E-state index contributed by atoms with van der Waals surface area (Å²) in [5.41, 5.74) is 5.57. The molecule has 2 unspecified atom stereocenters. The van der Waals surface area contributed by atoms with Crippen molar-refractivity contribution in [1.82, 2.24) is 0 Å². The second-order valence-electron chi connectivity index (χ2n) is 4.92. The van der Waals surface area contributed by atoms with Crippen LogP contribution < -0.4 is 5.73 Å². The van der Waals surface area contributed by atoms with E-state index in [1.54, 1.807) is 11.3 Å². The van der Waals surface area contributed by atoms with E-state index < -0.39 is 5.54 Å². The first-order valence-corrected chi connectivity index (χ1v) is 8.65. The van der Waals surface area contributed by atoms with Gasteiger partial charge in [-0.15, -0.1) is 23.1 Å². The van der Waals surface area contributed by atoms with Crippen molar-refractivity contribution < 1.29 is 9.53 Å². The van der Waals surface area contributed by atoms with Gasteiger partial charge in [0, 0.05) is 0 Å². The monoisotopic (exact) mass is 299 g/mol. The fraction of sp³-hybridized carbons (Fsp3) is 0.643. The number of carbonyl (C=O) groups excluding carboxylic acids is 1. The van der Waals surface area contributed by atoms with E-state index in [2.05, 4.69) is 17.5 Å². The van der Waals surface area contributed by atoms with Gasteiger partial charge in [0.1, 0.15) is 5.54 Å². The predicted molar refractivity (Wildman–Crippen MR) is 80.6 cm³/mol. The second kappa shape index (κ2) is 6.77. The Hall–Kier alpha value is -0.520. The standard InChI is InChI=1S/C14H21NO2S2/c1-2-17-13(16)14(15)8-3-5-11(14)7-10-19-12-6-4-9-18-12/h4,6,9,11H,2-3,5,7-8,10,15H2,1H3. The SMILES string of the molecule is CCOC(=O)C1(N)CCCC1CCSc1cccs1. The summed E-state index contributed by atoms with van der Waals surface area (Å²) in [6.07, 6.45) is 3.82. The molecule has 19 heavy (non-hydrogen) atoms. The Morgan fingerprint density at radius 3 is 3.21 bits per heavy atom. The minimum absolute atomic E-state index is 0.210. The number of hydrogen-bond acceptors (Lipinski definition) is 5. The predicted octanol–water partition coefficient (Wildman–Crippen LogP) is 3.29. The molecule has 3 nitrogen and oxygen atoms in total.